The van der Waals surface area contributed by atoms with Crippen molar-refractivity contribution in [2.24, 2.45) is 0 Å². The van der Waals surface area contributed by atoms with E-state index in [4.69, 9.17) is 0 Å². The normalized spacial score (nSPS) is 12.6. The van der Waals surface area contributed by atoms with E-state index in [-0.39, 0.29) is 0 Å². The summed E-state index contributed by atoms with van der Waals surface area (Å²) in [6.07, 6.45) is 0. The molecule has 0 N–H and O–H groups in total. The Morgan fingerprint density at radius 3 is 0.750 bits per heavy atom. The molecule has 0 aliphatic carbocycles. The second kappa shape index (κ2) is 19.1. The van der Waals surface area contributed by atoms with Crippen LogP contribution in [0, 0.1) is 0 Å². The van der Waals surface area contributed by atoms with E-state index >= 15 is 0 Å². The summed E-state index contributed by atoms with van der Waals surface area (Å²) < 4.78 is 0. The molecule has 0 bridgehead atoms. The molecule has 0 saturated carbocycles. The third-order valence-electron chi connectivity index (χ3n) is 3.69. The van der Waals surface area contributed by atoms with Gasteiger partial charge < -0.3 is 9.62 Å². The first-order valence-electron chi connectivity index (χ1n) is 11.0. The van der Waals surface area contributed by atoms with E-state index in [0.29, 0.717) is 24.2 Å². The second-order valence-corrected chi connectivity index (χ2v) is 27.0. The molecule has 0 heterocycles. The fourth-order valence-corrected chi connectivity index (χ4v) is 2.44. The van der Waals surface area contributed by atoms with Crippen molar-refractivity contribution < 1.29 is 0 Å². The maximum absolute atomic E-state index is 2.42. The average molecular weight is 604 g/mol. The fraction of sp³-hybridized carbons (Fsp3) is 0.909. The first kappa shape index (κ1) is 34.0. The van der Waals surface area contributed by atoms with E-state index in [0.717, 1.165) is 0 Å². The molecule has 0 spiro atoms. The third kappa shape index (κ3) is 22.1. The van der Waals surface area contributed by atoms with E-state index in [1.54, 1.807) is 0 Å². The van der Waals surface area contributed by atoms with Crippen LogP contribution in [-0.4, -0.2) is 88.1 Å². The van der Waals surface area contributed by atoms with Crippen molar-refractivity contribution in [3.63, 3.8) is 0 Å². The van der Waals surface area contributed by atoms with Crippen LogP contribution in [0.3, 0.4) is 0 Å². The molecular formula is C22H52B2N2Sn2. The molecule has 0 aliphatic heterocycles. The van der Waals surface area contributed by atoms with Crippen molar-refractivity contribution in [2.45, 2.75) is 123 Å². The molecule has 0 aromatic heterocycles. The summed E-state index contributed by atoms with van der Waals surface area (Å²) in [6.45, 7) is 22.4. The molecule has 6 heteroatoms. The van der Waals surface area contributed by atoms with Gasteiger partial charge in [0, 0.05) is 0 Å². The van der Waals surface area contributed by atoms with Gasteiger partial charge in [0.1, 0.15) is 0 Å². The van der Waals surface area contributed by atoms with Crippen molar-refractivity contribution in [3.05, 3.63) is 10.9 Å². The average Bonchev–Trinajstić information content (AvgIpc) is 2.47. The molecule has 0 fully saturated rings. The van der Waals surface area contributed by atoms with Gasteiger partial charge in [-0.25, -0.2) is 0 Å². The van der Waals surface area contributed by atoms with Gasteiger partial charge in [-0.1, -0.05) is 69.2 Å². The monoisotopic (exact) mass is 606 g/mol. The zero-order chi connectivity index (χ0) is 23.2. The molecule has 164 valence electrons. The standard InChI is InChI=1S/C16H34B2N2.6CH3.2Sn/c1-11(2)19(12(3)4)17-15(9)16(10)18-20(13(5)6)14(7)8;;;;;;;;/h11-14H,1-10H3;6*1H3;;/b16-15+;;;;;;;;. The number of allylic oxidation sites excluding steroid dienone is 2. The number of hydrogen-bond acceptors (Lipinski definition) is 2. The van der Waals surface area contributed by atoms with Crippen LogP contribution in [0.25, 0.3) is 0 Å². The molecule has 0 aromatic rings. The zero-order valence-corrected chi connectivity index (χ0v) is 28.1. The van der Waals surface area contributed by atoms with Crippen molar-refractivity contribution in [1.82, 2.24) is 9.62 Å². The van der Waals surface area contributed by atoms with Gasteiger partial charge in [-0.3, -0.25) is 0 Å². The summed E-state index contributed by atoms with van der Waals surface area (Å²) in [6, 6.07) is 2.13. The number of rotatable bonds is 8. The summed E-state index contributed by atoms with van der Waals surface area (Å²) in [5.41, 5.74) is 2.69. The quantitative estimate of drug-likeness (QED) is 0.294. The SMILES string of the molecule is C/C([B]N(C(C)C)C(C)C)=C(/C)[B]N(C(C)C)C(C)C.[CH3][Sn]([CH3])[CH3].[CH3][Sn]([CH3])[CH3]. The molecular weight excluding hydrogens is 551 g/mol. The number of hydrogen-bond donors (Lipinski definition) is 0. The van der Waals surface area contributed by atoms with Gasteiger partial charge in [-0.05, 0) is 24.2 Å². The van der Waals surface area contributed by atoms with Gasteiger partial charge in [0.25, 0.3) is 0 Å². The molecule has 4 radical (unpaired) electrons. The summed E-state index contributed by atoms with van der Waals surface area (Å²) >= 11 is -1.09. The molecule has 0 amide bonds. The van der Waals surface area contributed by atoms with Crippen LogP contribution >= 0.6 is 0 Å². The molecule has 0 unspecified atom stereocenters. The van der Waals surface area contributed by atoms with Crippen LogP contribution < -0.4 is 0 Å². The first-order valence-corrected chi connectivity index (χ1v) is 28.1. The van der Waals surface area contributed by atoms with E-state index in [2.05, 4.69) is 123 Å². The Labute approximate surface area is 196 Å². The van der Waals surface area contributed by atoms with Gasteiger partial charge in [0.15, 0.2) is 0 Å². The molecule has 28 heavy (non-hydrogen) atoms. The number of nitrogens with zero attached hydrogens (tertiary/aromatic N) is 2. The first-order chi connectivity index (χ1) is 12.5. The third-order valence-corrected chi connectivity index (χ3v) is 3.69. The van der Waals surface area contributed by atoms with E-state index in [1.165, 1.54) is 10.9 Å². The Morgan fingerprint density at radius 1 is 0.500 bits per heavy atom. The molecule has 0 atom stereocenters. The Hall–Kier alpha value is 1.39. The zero-order valence-electron chi connectivity index (χ0n) is 22.4. The Balaban J connectivity index is -0.000000656. The Kier molecular flexibility index (Phi) is 23.2. The van der Waals surface area contributed by atoms with Crippen LogP contribution in [0.1, 0.15) is 69.2 Å². The van der Waals surface area contributed by atoms with E-state index in [1.807, 2.05) is 0 Å². The molecule has 0 rings (SSSR count). The summed E-state index contributed by atoms with van der Waals surface area (Å²) in [5.74, 6) is 0. The van der Waals surface area contributed by atoms with Crippen LogP contribution in [0.15, 0.2) is 10.9 Å². The molecule has 0 aliphatic rings. The van der Waals surface area contributed by atoms with Crippen LogP contribution in [-0.2, 0) is 0 Å². The summed E-state index contributed by atoms with van der Waals surface area (Å²) in [7, 11) is 4.61. The predicted molar refractivity (Wildman–Crippen MR) is 141 cm³/mol. The minimum atomic E-state index is -0.543. The Bertz CT molecular complexity index is 338. The van der Waals surface area contributed by atoms with Crippen molar-refractivity contribution in [2.75, 3.05) is 0 Å². The maximum atomic E-state index is 2.42. The Morgan fingerprint density at radius 2 is 0.643 bits per heavy atom. The van der Waals surface area contributed by atoms with Gasteiger partial charge in [0.2, 0.25) is 14.8 Å². The van der Waals surface area contributed by atoms with Crippen molar-refractivity contribution in [1.29, 1.82) is 0 Å². The molecule has 2 nitrogen and oxygen atoms in total. The van der Waals surface area contributed by atoms with E-state index < -0.39 is 39.5 Å². The van der Waals surface area contributed by atoms with Crippen molar-refractivity contribution in [3.8, 4) is 0 Å². The van der Waals surface area contributed by atoms with Crippen LogP contribution in [0.5, 0.6) is 0 Å². The van der Waals surface area contributed by atoms with Gasteiger partial charge in [0.05, 0.1) is 0 Å². The van der Waals surface area contributed by atoms with Crippen LogP contribution in [0.2, 0.25) is 29.6 Å². The summed E-state index contributed by atoms with van der Waals surface area (Å²) in [5, 5.41) is 0. The fourth-order valence-electron chi connectivity index (χ4n) is 2.44. The molecule has 0 saturated heterocycles. The minimum absolute atomic E-state index is 0.532. The van der Waals surface area contributed by atoms with Gasteiger partial charge in [-0.2, -0.15) is 0 Å². The summed E-state index contributed by atoms with van der Waals surface area (Å²) in [4.78, 5) is 19.0. The van der Waals surface area contributed by atoms with E-state index in [9.17, 15) is 0 Å². The van der Waals surface area contributed by atoms with Gasteiger partial charge >= 0.3 is 69.2 Å². The topological polar surface area (TPSA) is 6.48 Å². The second-order valence-electron chi connectivity index (χ2n) is 9.89. The predicted octanol–water partition coefficient (Wildman–Crippen LogP) is 6.46. The molecule has 0 aromatic carbocycles. The van der Waals surface area contributed by atoms with Crippen LogP contribution in [0.4, 0.5) is 0 Å². The van der Waals surface area contributed by atoms with Gasteiger partial charge in [-0.15, -0.1) is 10.9 Å². The van der Waals surface area contributed by atoms with Crippen molar-refractivity contribution >= 4 is 54.3 Å².